The van der Waals surface area contributed by atoms with Crippen molar-refractivity contribution in [3.63, 3.8) is 0 Å². The van der Waals surface area contributed by atoms with Crippen LogP contribution in [0.1, 0.15) is 18.6 Å². The molecule has 2 rings (SSSR count). The molecule has 1 heterocycles. The van der Waals surface area contributed by atoms with E-state index in [2.05, 4.69) is 10.1 Å². The second kappa shape index (κ2) is 5.42. The molecule has 0 saturated heterocycles. The van der Waals surface area contributed by atoms with Crippen LogP contribution < -0.4 is 4.74 Å². The zero-order chi connectivity index (χ0) is 13.8. The number of hydrogen-bond donors (Lipinski definition) is 0. The van der Waals surface area contributed by atoms with Crippen molar-refractivity contribution in [3.05, 3.63) is 45.8 Å². The van der Waals surface area contributed by atoms with Gasteiger partial charge in [-0.05, 0) is 6.07 Å². The van der Waals surface area contributed by atoms with E-state index in [0.29, 0.717) is 12.3 Å². The standard InChI is InChI=1S/C11H10FN3O4/c1-2-11-13-10(14-19-11)6-18-9-5-7(12)3-4-8(9)15(16)17/h3-5H,2,6H2,1H3. The van der Waals surface area contributed by atoms with Gasteiger partial charge in [0.2, 0.25) is 11.7 Å². The molecule has 2 aromatic rings. The molecule has 0 aliphatic rings. The normalized spacial score (nSPS) is 10.4. The van der Waals surface area contributed by atoms with Crippen molar-refractivity contribution in [3.8, 4) is 5.75 Å². The Morgan fingerprint density at radius 1 is 1.53 bits per heavy atom. The summed E-state index contributed by atoms with van der Waals surface area (Å²) >= 11 is 0. The molecule has 1 aromatic heterocycles. The van der Waals surface area contributed by atoms with Crippen LogP contribution in [0.5, 0.6) is 5.75 Å². The molecule has 19 heavy (non-hydrogen) atoms. The minimum absolute atomic E-state index is 0.131. The lowest BCUT2D eigenvalue weighted by Crippen LogP contribution is -2.01. The SMILES string of the molecule is CCc1nc(COc2cc(F)ccc2[N+](=O)[O-])no1. The summed E-state index contributed by atoms with van der Waals surface area (Å²) in [5.41, 5.74) is -0.319. The highest BCUT2D eigenvalue weighted by Crippen LogP contribution is 2.27. The number of nitro benzene ring substituents is 1. The van der Waals surface area contributed by atoms with Gasteiger partial charge < -0.3 is 9.26 Å². The van der Waals surface area contributed by atoms with Crippen molar-refractivity contribution in [1.82, 2.24) is 10.1 Å². The Hall–Kier alpha value is -2.51. The fraction of sp³-hybridized carbons (Fsp3) is 0.273. The molecule has 0 fully saturated rings. The lowest BCUT2D eigenvalue weighted by atomic mass is 10.3. The zero-order valence-corrected chi connectivity index (χ0v) is 10.00. The second-order valence-corrected chi connectivity index (χ2v) is 3.62. The van der Waals surface area contributed by atoms with E-state index in [-0.39, 0.29) is 23.9 Å². The molecule has 0 atom stereocenters. The van der Waals surface area contributed by atoms with Crippen LogP contribution in [0.25, 0.3) is 0 Å². The van der Waals surface area contributed by atoms with Gasteiger partial charge in [-0.15, -0.1) is 0 Å². The summed E-state index contributed by atoms with van der Waals surface area (Å²) in [4.78, 5) is 14.1. The fourth-order valence-corrected chi connectivity index (χ4v) is 1.39. The number of aromatic nitrogens is 2. The van der Waals surface area contributed by atoms with Crippen molar-refractivity contribution >= 4 is 5.69 Å². The van der Waals surface area contributed by atoms with E-state index >= 15 is 0 Å². The second-order valence-electron chi connectivity index (χ2n) is 3.62. The Morgan fingerprint density at radius 3 is 2.95 bits per heavy atom. The third kappa shape index (κ3) is 3.03. The molecule has 0 amide bonds. The monoisotopic (exact) mass is 267 g/mol. The zero-order valence-electron chi connectivity index (χ0n) is 10.00. The first kappa shape index (κ1) is 12.9. The van der Waals surface area contributed by atoms with Crippen LogP contribution in [0.4, 0.5) is 10.1 Å². The Balaban J connectivity index is 2.14. The summed E-state index contributed by atoms with van der Waals surface area (Å²) < 4.78 is 23.1. The van der Waals surface area contributed by atoms with Crippen LogP contribution in [0.3, 0.4) is 0 Å². The molecule has 1 aromatic carbocycles. The molecule has 7 nitrogen and oxygen atoms in total. The van der Waals surface area contributed by atoms with Gasteiger partial charge in [-0.25, -0.2) is 4.39 Å². The van der Waals surface area contributed by atoms with E-state index in [0.717, 1.165) is 18.2 Å². The number of hydrogen-bond acceptors (Lipinski definition) is 6. The van der Waals surface area contributed by atoms with E-state index in [1.807, 2.05) is 6.92 Å². The van der Waals surface area contributed by atoms with Crippen LogP contribution in [-0.2, 0) is 13.0 Å². The van der Waals surface area contributed by atoms with Crippen molar-refractivity contribution in [2.45, 2.75) is 20.0 Å². The number of nitro groups is 1. The molecule has 0 radical (unpaired) electrons. The maximum Gasteiger partial charge on any atom is 0.311 e. The van der Waals surface area contributed by atoms with Crippen molar-refractivity contribution in [1.29, 1.82) is 0 Å². The minimum Gasteiger partial charge on any atom is -0.478 e. The van der Waals surface area contributed by atoms with Gasteiger partial charge in [-0.3, -0.25) is 10.1 Å². The van der Waals surface area contributed by atoms with Gasteiger partial charge in [0.05, 0.1) is 4.92 Å². The topological polar surface area (TPSA) is 91.3 Å². The molecule has 0 unspecified atom stereocenters. The third-order valence-electron chi connectivity index (χ3n) is 2.29. The molecule has 100 valence electrons. The lowest BCUT2D eigenvalue weighted by Gasteiger charge is -2.04. The van der Waals surface area contributed by atoms with Gasteiger partial charge in [0, 0.05) is 18.6 Å². The number of halogens is 1. The van der Waals surface area contributed by atoms with Gasteiger partial charge in [0.15, 0.2) is 12.4 Å². The van der Waals surface area contributed by atoms with E-state index in [9.17, 15) is 14.5 Å². The summed E-state index contributed by atoms with van der Waals surface area (Å²) in [7, 11) is 0. The average molecular weight is 267 g/mol. The number of ether oxygens (including phenoxy) is 1. The van der Waals surface area contributed by atoms with Gasteiger partial charge in [-0.2, -0.15) is 4.98 Å². The van der Waals surface area contributed by atoms with Crippen molar-refractivity contribution in [2.75, 3.05) is 0 Å². The van der Waals surface area contributed by atoms with Crippen molar-refractivity contribution in [2.24, 2.45) is 0 Å². The Bertz CT molecular complexity index is 599. The first-order valence-corrected chi connectivity index (χ1v) is 5.48. The van der Waals surface area contributed by atoms with Gasteiger partial charge in [0.25, 0.3) is 0 Å². The first-order chi connectivity index (χ1) is 9.10. The lowest BCUT2D eigenvalue weighted by molar-refractivity contribution is -0.386. The summed E-state index contributed by atoms with van der Waals surface area (Å²) in [6, 6.07) is 2.98. The quantitative estimate of drug-likeness (QED) is 0.609. The number of aryl methyl sites for hydroxylation is 1. The molecule has 0 N–H and O–H groups in total. The van der Waals surface area contributed by atoms with Crippen molar-refractivity contribution < 1.29 is 18.6 Å². The smallest absolute Gasteiger partial charge is 0.311 e. The van der Waals surface area contributed by atoms with Crippen LogP contribution in [0, 0.1) is 15.9 Å². The average Bonchev–Trinajstić information content (AvgIpc) is 2.84. The Kier molecular flexibility index (Phi) is 3.69. The van der Waals surface area contributed by atoms with E-state index in [1.54, 1.807) is 0 Å². The molecule has 0 bridgehead atoms. The molecular weight excluding hydrogens is 257 g/mol. The largest absolute Gasteiger partial charge is 0.478 e. The molecule has 8 heteroatoms. The van der Waals surface area contributed by atoms with Gasteiger partial charge in [-0.1, -0.05) is 12.1 Å². The highest BCUT2D eigenvalue weighted by molar-refractivity contribution is 5.46. The highest BCUT2D eigenvalue weighted by Gasteiger charge is 2.17. The summed E-state index contributed by atoms with van der Waals surface area (Å²) in [5, 5.41) is 14.4. The predicted octanol–water partition coefficient (Wildman–Crippen LogP) is 2.26. The third-order valence-corrected chi connectivity index (χ3v) is 2.29. The van der Waals surface area contributed by atoms with Crippen LogP contribution >= 0.6 is 0 Å². The van der Waals surface area contributed by atoms with E-state index < -0.39 is 10.7 Å². The molecule has 0 saturated carbocycles. The molecule has 0 aliphatic carbocycles. The fourth-order valence-electron chi connectivity index (χ4n) is 1.39. The Morgan fingerprint density at radius 2 is 2.32 bits per heavy atom. The number of rotatable bonds is 5. The molecular formula is C11H10FN3O4. The maximum atomic E-state index is 13.0. The predicted molar refractivity (Wildman–Crippen MR) is 61.1 cm³/mol. The maximum absolute atomic E-state index is 13.0. The molecule has 0 spiro atoms. The van der Waals surface area contributed by atoms with Crippen LogP contribution in [-0.4, -0.2) is 15.1 Å². The molecule has 0 aliphatic heterocycles. The first-order valence-electron chi connectivity index (χ1n) is 5.48. The Labute approximate surface area is 107 Å². The highest BCUT2D eigenvalue weighted by atomic mass is 19.1. The summed E-state index contributed by atoms with van der Waals surface area (Å²) in [6.07, 6.45) is 0.577. The summed E-state index contributed by atoms with van der Waals surface area (Å²) in [5.74, 6) is -0.112. The van der Waals surface area contributed by atoms with E-state index in [4.69, 9.17) is 9.26 Å². The minimum atomic E-state index is -0.650. The number of nitrogens with zero attached hydrogens (tertiary/aromatic N) is 3. The number of benzene rings is 1. The van der Waals surface area contributed by atoms with Gasteiger partial charge >= 0.3 is 5.69 Å². The van der Waals surface area contributed by atoms with Crippen LogP contribution in [0.15, 0.2) is 22.7 Å². The van der Waals surface area contributed by atoms with Crippen LogP contribution in [0.2, 0.25) is 0 Å². The summed E-state index contributed by atoms with van der Waals surface area (Å²) in [6.45, 7) is 1.71. The van der Waals surface area contributed by atoms with E-state index in [1.165, 1.54) is 0 Å². The van der Waals surface area contributed by atoms with Gasteiger partial charge in [0.1, 0.15) is 5.82 Å².